The van der Waals surface area contributed by atoms with Crippen LogP contribution in [-0.2, 0) is 10.0 Å². The van der Waals surface area contributed by atoms with Crippen LogP contribution in [0.15, 0.2) is 41.3 Å². The minimum absolute atomic E-state index is 0.130. The van der Waals surface area contributed by atoms with Gasteiger partial charge in [-0.15, -0.1) is 0 Å². The summed E-state index contributed by atoms with van der Waals surface area (Å²) in [6.07, 6.45) is 1.87. The Hall–Kier alpha value is -2.49. The normalized spacial score (nSPS) is 13.8. The summed E-state index contributed by atoms with van der Waals surface area (Å²) >= 11 is 6.13. The minimum Gasteiger partial charge on any atom is -0.349 e. The first-order chi connectivity index (χ1) is 13.7. The molecule has 1 aliphatic carbocycles. The molecule has 7 nitrogen and oxygen atoms in total. The number of nitrogens with one attached hydrogen (secondary N) is 3. The number of benzene rings is 2. The second kappa shape index (κ2) is 8.48. The van der Waals surface area contributed by atoms with E-state index in [4.69, 9.17) is 11.6 Å². The Bertz CT molecular complexity index is 1070. The van der Waals surface area contributed by atoms with E-state index in [1.54, 1.807) is 6.92 Å². The zero-order chi connectivity index (χ0) is 21.2. The fourth-order valence-corrected chi connectivity index (χ4v) is 3.92. The maximum Gasteiger partial charge on any atom is 0.258 e. The number of anilines is 1. The van der Waals surface area contributed by atoms with Crippen molar-refractivity contribution in [2.75, 3.05) is 11.9 Å². The molecule has 1 saturated carbocycles. The molecule has 0 bridgehead atoms. The van der Waals surface area contributed by atoms with Gasteiger partial charge in [-0.25, -0.2) is 17.5 Å². The van der Waals surface area contributed by atoms with Crippen LogP contribution in [0, 0.1) is 5.82 Å². The van der Waals surface area contributed by atoms with Crippen molar-refractivity contribution in [1.29, 1.82) is 0 Å². The van der Waals surface area contributed by atoms with Crippen molar-refractivity contribution in [2.24, 2.45) is 0 Å². The monoisotopic (exact) mass is 439 g/mol. The highest BCUT2D eigenvalue weighted by Crippen LogP contribution is 2.25. The molecule has 1 aliphatic rings. The molecule has 0 aromatic heterocycles. The van der Waals surface area contributed by atoms with Crippen LogP contribution >= 0.6 is 11.6 Å². The second-order valence-electron chi connectivity index (χ2n) is 6.54. The van der Waals surface area contributed by atoms with Gasteiger partial charge in [0.15, 0.2) is 0 Å². The van der Waals surface area contributed by atoms with E-state index >= 15 is 0 Å². The molecule has 2 aromatic rings. The van der Waals surface area contributed by atoms with Crippen LogP contribution in [0.3, 0.4) is 0 Å². The van der Waals surface area contributed by atoms with Crippen molar-refractivity contribution >= 4 is 39.1 Å². The van der Waals surface area contributed by atoms with Crippen LogP contribution in [0.25, 0.3) is 0 Å². The van der Waals surface area contributed by atoms with Crippen LogP contribution < -0.4 is 15.4 Å². The Kier molecular flexibility index (Phi) is 6.21. The standard InChI is InChI=1S/C19H19ClFN3O4S/c1-2-22-29(27,28)13-6-8-17(21)15(10-13)19(26)24-12-5-7-14(16(20)9-12)18(25)23-11-3-4-11/h5-11,22H,2-4H2,1H3,(H,23,25)(H,24,26). The van der Waals surface area contributed by atoms with Crippen molar-refractivity contribution < 1.29 is 22.4 Å². The maximum absolute atomic E-state index is 14.1. The van der Waals surface area contributed by atoms with Gasteiger partial charge >= 0.3 is 0 Å². The Balaban J connectivity index is 1.79. The molecule has 1 fully saturated rings. The molecule has 0 heterocycles. The van der Waals surface area contributed by atoms with E-state index in [0.29, 0.717) is 0 Å². The first kappa shape index (κ1) is 21.2. The summed E-state index contributed by atoms with van der Waals surface area (Å²) in [6, 6.07) is 7.42. The number of carbonyl (C=O) groups is 2. The largest absolute Gasteiger partial charge is 0.349 e. The summed E-state index contributed by atoms with van der Waals surface area (Å²) in [4.78, 5) is 24.3. The quantitative estimate of drug-likeness (QED) is 0.617. The van der Waals surface area contributed by atoms with E-state index in [1.165, 1.54) is 18.2 Å². The Labute approximate surface area is 172 Å². The molecular formula is C19H19ClFN3O4S. The number of hydrogen-bond donors (Lipinski definition) is 3. The number of rotatable bonds is 7. The van der Waals surface area contributed by atoms with Crippen molar-refractivity contribution in [2.45, 2.75) is 30.7 Å². The number of hydrogen-bond acceptors (Lipinski definition) is 4. The molecule has 29 heavy (non-hydrogen) atoms. The number of carbonyl (C=O) groups excluding carboxylic acids is 2. The minimum atomic E-state index is -3.84. The first-order valence-corrected chi connectivity index (χ1v) is 10.8. The summed E-state index contributed by atoms with van der Waals surface area (Å²) in [7, 11) is -3.84. The molecular weight excluding hydrogens is 421 g/mol. The van der Waals surface area contributed by atoms with E-state index in [2.05, 4.69) is 15.4 Å². The lowest BCUT2D eigenvalue weighted by Gasteiger charge is -2.11. The summed E-state index contributed by atoms with van der Waals surface area (Å²) in [5.74, 6) is -2.02. The van der Waals surface area contributed by atoms with Gasteiger partial charge < -0.3 is 10.6 Å². The Morgan fingerprint density at radius 3 is 2.45 bits per heavy atom. The topological polar surface area (TPSA) is 104 Å². The summed E-state index contributed by atoms with van der Waals surface area (Å²) < 4.78 is 40.6. The predicted molar refractivity (Wildman–Crippen MR) is 107 cm³/mol. The van der Waals surface area contributed by atoms with Crippen molar-refractivity contribution in [3.8, 4) is 0 Å². The zero-order valence-corrected chi connectivity index (χ0v) is 17.0. The van der Waals surface area contributed by atoms with Crippen molar-refractivity contribution in [3.05, 3.63) is 58.4 Å². The van der Waals surface area contributed by atoms with Gasteiger partial charge in [-0.05, 0) is 49.2 Å². The first-order valence-electron chi connectivity index (χ1n) is 8.92. The SMILES string of the molecule is CCNS(=O)(=O)c1ccc(F)c(C(=O)Nc2ccc(C(=O)NC3CC3)c(Cl)c2)c1. The van der Waals surface area contributed by atoms with Gasteiger partial charge in [-0.3, -0.25) is 9.59 Å². The van der Waals surface area contributed by atoms with Crippen molar-refractivity contribution in [3.63, 3.8) is 0 Å². The lowest BCUT2D eigenvalue weighted by atomic mass is 10.1. The van der Waals surface area contributed by atoms with E-state index in [9.17, 15) is 22.4 Å². The third kappa shape index (κ3) is 5.11. The number of halogens is 2. The Morgan fingerprint density at radius 2 is 1.83 bits per heavy atom. The summed E-state index contributed by atoms with van der Waals surface area (Å²) in [5, 5.41) is 5.40. The molecule has 0 radical (unpaired) electrons. The average molecular weight is 440 g/mol. The van der Waals surface area contributed by atoms with Crippen LogP contribution in [0.1, 0.15) is 40.5 Å². The average Bonchev–Trinajstić information content (AvgIpc) is 3.45. The van der Waals surface area contributed by atoms with Crippen LogP contribution in [0.2, 0.25) is 5.02 Å². The maximum atomic E-state index is 14.1. The van der Waals surface area contributed by atoms with Crippen LogP contribution in [0.5, 0.6) is 0 Å². The molecule has 0 aliphatic heterocycles. The fourth-order valence-electron chi connectivity index (χ4n) is 2.59. The van der Waals surface area contributed by atoms with Gasteiger partial charge in [-0.1, -0.05) is 18.5 Å². The van der Waals surface area contributed by atoms with Gasteiger partial charge in [0.05, 0.1) is 21.0 Å². The van der Waals surface area contributed by atoms with E-state index in [-0.39, 0.29) is 39.7 Å². The third-order valence-electron chi connectivity index (χ3n) is 4.21. The molecule has 0 spiro atoms. The van der Waals surface area contributed by atoms with Crippen LogP contribution in [-0.4, -0.2) is 32.8 Å². The van der Waals surface area contributed by atoms with Gasteiger partial charge in [0.1, 0.15) is 5.82 Å². The number of sulfonamides is 1. The molecule has 0 atom stereocenters. The van der Waals surface area contributed by atoms with Gasteiger partial charge in [0, 0.05) is 18.3 Å². The van der Waals surface area contributed by atoms with E-state index < -0.39 is 27.3 Å². The summed E-state index contributed by atoms with van der Waals surface area (Å²) in [6.45, 7) is 1.76. The molecule has 154 valence electrons. The van der Waals surface area contributed by atoms with E-state index in [1.807, 2.05) is 0 Å². The lowest BCUT2D eigenvalue weighted by Crippen LogP contribution is -2.25. The third-order valence-corrected chi connectivity index (χ3v) is 6.07. The van der Waals surface area contributed by atoms with Crippen molar-refractivity contribution in [1.82, 2.24) is 10.0 Å². The lowest BCUT2D eigenvalue weighted by molar-refractivity contribution is 0.0950. The molecule has 0 unspecified atom stereocenters. The smallest absolute Gasteiger partial charge is 0.258 e. The molecule has 3 rings (SSSR count). The highest BCUT2D eigenvalue weighted by atomic mass is 35.5. The highest BCUT2D eigenvalue weighted by molar-refractivity contribution is 7.89. The zero-order valence-electron chi connectivity index (χ0n) is 15.5. The molecule has 2 aromatic carbocycles. The highest BCUT2D eigenvalue weighted by Gasteiger charge is 2.25. The van der Waals surface area contributed by atoms with Crippen LogP contribution in [0.4, 0.5) is 10.1 Å². The Morgan fingerprint density at radius 1 is 1.10 bits per heavy atom. The summed E-state index contributed by atoms with van der Waals surface area (Å²) in [5.41, 5.74) is 0.0689. The van der Waals surface area contributed by atoms with Gasteiger partial charge in [-0.2, -0.15) is 0 Å². The molecule has 0 saturated heterocycles. The van der Waals surface area contributed by atoms with Gasteiger partial charge in [0.2, 0.25) is 10.0 Å². The molecule has 2 amide bonds. The molecule has 3 N–H and O–H groups in total. The van der Waals surface area contributed by atoms with E-state index in [0.717, 1.165) is 31.0 Å². The second-order valence-corrected chi connectivity index (χ2v) is 8.71. The molecule has 10 heteroatoms. The number of amides is 2. The van der Waals surface area contributed by atoms with Gasteiger partial charge in [0.25, 0.3) is 11.8 Å². The predicted octanol–water partition coefficient (Wildman–Crippen LogP) is 2.92. The fraction of sp³-hybridized carbons (Fsp3) is 0.263.